The minimum atomic E-state index is -0.422. The molecule has 5 rings (SSSR count). The summed E-state index contributed by atoms with van der Waals surface area (Å²) in [5, 5.41) is 6.77. The lowest BCUT2D eigenvalue weighted by atomic mass is 9.83. The number of carbonyl (C=O) groups excluding carboxylic acids is 2. The first-order chi connectivity index (χ1) is 14.1. The minimum Gasteiger partial charge on any atom is -0.457 e. The molecule has 0 saturated heterocycles. The van der Waals surface area contributed by atoms with Gasteiger partial charge in [0.15, 0.2) is 5.58 Å². The number of hydrogen-bond acceptors (Lipinski definition) is 5. The Balaban J connectivity index is 1.56. The van der Waals surface area contributed by atoms with Crippen molar-refractivity contribution in [3.05, 3.63) is 66.1 Å². The molecule has 5 nitrogen and oxygen atoms in total. The molecule has 0 aliphatic heterocycles. The van der Waals surface area contributed by atoms with Crippen LogP contribution >= 0.6 is 0 Å². The fraction of sp³-hybridized carbons (Fsp3) is 0.174. The summed E-state index contributed by atoms with van der Waals surface area (Å²) < 4.78 is 24.4. The third-order valence-corrected chi connectivity index (χ3v) is 5.30. The van der Waals surface area contributed by atoms with Crippen LogP contribution in [-0.4, -0.2) is 16.7 Å². The molecule has 4 aromatic rings. The van der Waals surface area contributed by atoms with Crippen LogP contribution in [0.3, 0.4) is 0 Å². The molecule has 29 heavy (non-hydrogen) atoms. The topological polar surface area (TPSA) is 69.4 Å². The molecule has 0 bridgehead atoms. The molecule has 0 amide bonds. The van der Waals surface area contributed by atoms with Crippen molar-refractivity contribution in [1.29, 1.82) is 0 Å². The molecule has 1 aliphatic carbocycles. The molecule has 1 aliphatic rings. The van der Waals surface area contributed by atoms with Gasteiger partial charge in [0, 0.05) is 6.42 Å². The highest BCUT2D eigenvalue weighted by Crippen LogP contribution is 2.37. The predicted octanol–water partition coefficient (Wildman–Crippen LogP) is 5.32. The maximum atomic E-state index is 13.1. The molecule has 144 valence electrons. The van der Waals surface area contributed by atoms with Crippen LogP contribution in [0.15, 0.2) is 59.1 Å². The van der Waals surface area contributed by atoms with Gasteiger partial charge in [-0.05, 0) is 65.7 Å². The van der Waals surface area contributed by atoms with E-state index >= 15 is 0 Å². The number of ketones is 2. The van der Waals surface area contributed by atoms with Crippen LogP contribution in [0.5, 0.6) is 11.5 Å². The van der Waals surface area contributed by atoms with Gasteiger partial charge >= 0.3 is 0 Å². The first kappa shape index (κ1) is 17.6. The van der Waals surface area contributed by atoms with E-state index in [0.717, 1.165) is 16.2 Å². The molecule has 1 saturated carbocycles. The maximum absolute atomic E-state index is 13.1. The lowest BCUT2D eigenvalue weighted by Gasteiger charge is -2.18. The number of fused-ring (bicyclic) bond motifs is 3. The summed E-state index contributed by atoms with van der Waals surface area (Å²) >= 11 is 0. The Kier molecular flexibility index (Phi) is 4.12. The molecule has 3 aromatic carbocycles. The highest BCUT2D eigenvalue weighted by Gasteiger charge is 2.32. The Morgan fingerprint density at radius 2 is 1.79 bits per heavy atom. The van der Waals surface area contributed by atoms with Crippen LogP contribution in [0.1, 0.15) is 30.9 Å². The lowest BCUT2D eigenvalue weighted by molar-refractivity contribution is -0.130. The van der Waals surface area contributed by atoms with Crippen molar-refractivity contribution >= 4 is 33.3 Å². The summed E-state index contributed by atoms with van der Waals surface area (Å²) in [6.07, 6.45) is 0.798. The van der Waals surface area contributed by atoms with Gasteiger partial charge in [-0.2, -0.15) is 0 Å². The van der Waals surface area contributed by atoms with Crippen molar-refractivity contribution in [2.75, 3.05) is 0 Å². The summed E-state index contributed by atoms with van der Waals surface area (Å²) in [5.74, 6) is 0.277. The molecule has 0 radical (unpaired) electrons. The quantitative estimate of drug-likeness (QED) is 0.444. The van der Waals surface area contributed by atoms with Crippen molar-refractivity contribution in [1.82, 2.24) is 5.16 Å². The van der Waals surface area contributed by atoms with Gasteiger partial charge in [-0.3, -0.25) is 9.59 Å². The van der Waals surface area contributed by atoms with Crippen LogP contribution in [0.2, 0.25) is 0 Å². The lowest BCUT2D eigenvalue weighted by Crippen LogP contribution is -2.23. The molecule has 0 spiro atoms. The number of nitrogens with zero attached hydrogens (tertiary/aromatic N) is 1. The van der Waals surface area contributed by atoms with Crippen molar-refractivity contribution in [2.45, 2.75) is 25.2 Å². The largest absolute Gasteiger partial charge is 0.457 e. The zero-order chi connectivity index (χ0) is 20.0. The zero-order valence-electron chi connectivity index (χ0n) is 15.4. The Labute approximate surface area is 165 Å². The Bertz CT molecular complexity index is 1260. The fourth-order valence-corrected chi connectivity index (χ4v) is 3.87. The van der Waals surface area contributed by atoms with Crippen molar-refractivity contribution in [3.63, 3.8) is 0 Å². The summed E-state index contributed by atoms with van der Waals surface area (Å²) in [4.78, 5) is 24.0. The van der Waals surface area contributed by atoms with E-state index in [1.54, 1.807) is 12.1 Å². The van der Waals surface area contributed by atoms with E-state index in [4.69, 9.17) is 9.26 Å². The van der Waals surface area contributed by atoms with Crippen LogP contribution in [-0.2, 0) is 9.59 Å². The Morgan fingerprint density at radius 1 is 1.00 bits per heavy atom. The molecule has 1 atom stereocenters. The zero-order valence-corrected chi connectivity index (χ0v) is 15.4. The van der Waals surface area contributed by atoms with Gasteiger partial charge in [-0.25, -0.2) is 4.39 Å². The molecule has 6 heteroatoms. The number of ether oxygens (including phenoxy) is 1. The number of Topliss-reactive ketones (excluding diaryl/α,β-unsaturated/α-hetero) is 2. The fourth-order valence-electron chi connectivity index (χ4n) is 3.87. The van der Waals surface area contributed by atoms with Crippen molar-refractivity contribution in [2.24, 2.45) is 0 Å². The van der Waals surface area contributed by atoms with Gasteiger partial charge in [0.05, 0.1) is 17.7 Å². The number of hydrogen-bond donors (Lipinski definition) is 0. The smallest absolute Gasteiger partial charge is 0.167 e. The Morgan fingerprint density at radius 3 is 2.59 bits per heavy atom. The predicted molar refractivity (Wildman–Crippen MR) is 105 cm³/mol. The summed E-state index contributed by atoms with van der Waals surface area (Å²) in [6, 6.07) is 15.1. The number of aromatic nitrogens is 1. The summed E-state index contributed by atoms with van der Waals surface area (Å²) in [7, 11) is 0. The molecular formula is C23H16FNO4. The molecule has 1 fully saturated rings. The van der Waals surface area contributed by atoms with E-state index in [0.29, 0.717) is 35.6 Å². The van der Waals surface area contributed by atoms with Crippen molar-refractivity contribution in [3.8, 4) is 11.5 Å². The van der Waals surface area contributed by atoms with Gasteiger partial charge in [0.25, 0.3) is 0 Å². The second-order valence-electron chi connectivity index (χ2n) is 7.22. The van der Waals surface area contributed by atoms with Crippen LogP contribution in [0, 0.1) is 5.82 Å². The second kappa shape index (κ2) is 6.81. The standard InChI is InChI=1S/C23H16FNO4/c24-14-2-5-16(6-3-14)28-17-7-9-18-13(11-17)1-10-21-22(18)23(25-29-21)19-8-4-15(26)12-20(19)27/h1-3,5-7,9-11,19H,4,8,12H2. The van der Waals surface area contributed by atoms with E-state index in [1.807, 2.05) is 30.3 Å². The van der Waals surface area contributed by atoms with E-state index < -0.39 is 5.92 Å². The molecule has 1 unspecified atom stereocenters. The van der Waals surface area contributed by atoms with Gasteiger partial charge in [-0.15, -0.1) is 0 Å². The second-order valence-corrected chi connectivity index (χ2v) is 7.22. The third kappa shape index (κ3) is 3.16. The monoisotopic (exact) mass is 389 g/mol. The highest BCUT2D eigenvalue weighted by molar-refractivity contribution is 6.11. The van der Waals surface area contributed by atoms with E-state index in [-0.39, 0.29) is 23.8 Å². The molecule has 1 aromatic heterocycles. The average Bonchev–Trinajstić information content (AvgIpc) is 3.14. The molecule has 0 N–H and O–H groups in total. The van der Waals surface area contributed by atoms with Crippen LogP contribution in [0.25, 0.3) is 21.7 Å². The normalized spacial score (nSPS) is 17.2. The number of benzene rings is 3. The third-order valence-electron chi connectivity index (χ3n) is 5.30. The first-order valence-electron chi connectivity index (χ1n) is 9.38. The average molecular weight is 389 g/mol. The van der Waals surface area contributed by atoms with E-state index in [2.05, 4.69) is 5.16 Å². The van der Waals surface area contributed by atoms with E-state index in [1.165, 1.54) is 12.1 Å². The molecular weight excluding hydrogens is 373 g/mol. The first-order valence-corrected chi connectivity index (χ1v) is 9.38. The summed E-state index contributed by atoms with van der Waals surface area (Å²) in [5.41, 5.74) is 1.19. The van der Waals surface area contributed by atoms with Gasteiger partial charge in [0.1, 0.15) is 34.6 Å². The van der Waals surface area contributed by atoms with E-state index in [9.17, 15) is 14.0 Å². The molecule has 1 heterocycles. The SMILES string of the molecule is O=C1CCC(c2noc3ccc4cc(Oc5ccc(F)cc5)ccc4c23)C(=O)C1. The number of rotatable bonds is 3. The van der Waals surface area contributed by atoms with Crippen LogP contribution < -0.4 is 4.74 Å². The van der Waals surface area contributed by atoms with Gasteiger partial charge < -0.3 is 9.26 Å². The highest BCUT2D eigenvalue weighted by atomic mass is 19.1. The summed E-state index contributed by atoms with van der Waals surface area (Å²) in [6.45, 7) is 0. The number of halogens is 1. The van der Waals surface area contributed by atoms with Crippen molar-refractivity contribution < 1.29 is 23.2 Å². The number of carbonyl (C=O) groups is 2. The van der Waals surface area contributed by atoms with Gasteiger partial charge in [0.2, 0.25) is 0 Å². The van der Waals surface area contributed by atoms with Crippen LogP contribution in [0.4, 0.5) is 4.39 Å². The minimum absolute atomic E-state index is 0.0218. The van der Waals surface area contributed by atoms with Gasteiger partial charge in [-0.1, -0.05) is 11.2 Å². The maximum Gasteiger partial charge on any atom is 0.167 e. The Hall–Kier alpha value is -3.54.